The summed E-state index contributed by atoms with van der Waals surface area (Å²) in [4.78, 5) is 42.9. The molecule has 0 aliphatic carbocycles. The molecule has 4 unspecified atom stereocenters. The summed E-state index contributed by atoms with van der Waals surface area (Å²) in [5.41, 5.74) is 0. The number of carboxylic acid groups (broad SMARTS) is 4. The molecule has 41 heavy (non-hydrogen) atoms. The first-order chi connectivity index (χ1) is 18.5. The molecule has 4 N–H and O–H groups in total. The average Bonchev–Trinajstić information content (AvgIpc) is 2.84. The van der Waals surface area contributed by atoms with Crippen molar-refractivity contribution in [2.24, 2.45) is 0 Å². The predicted molar refractivity (Wildman–Crippen MR) is 150 cm³/mol. The van der Waals surface area contributed by atoms with Gasteiger partial charge < -0.3 is 20.4 Å². The number of aliphatic carboxylic acids is 4. The van der Waals surface area contributed by atoms with Gasteiger partial charge >= 0.3 is 23.9 Å². The summed E-state index contributed by atoms with van der Waals surface area (Å²) in [7, 11) is -8.89. The maximum atomic E-state index is 11.8. The molecule has 14 nitrogen and oxygen atoms in total. The number of carbonyl (C=O) groups is 4. The molecular formula is C24H44NaO14S2. The Labute approximate surface area is 264 Å². The van der Waals surface area contributed by atoms with Crippen molar-refractivity contribution < 1.29 is 64.8 Å². The Morgan fingerprint density at radius 3 is 1.07 bits per heavy atom. The van der Waals surface area contributed by atoms with Crippen molar-refractivity contribution in [3.8, 4) is 0 Å². The van der Waals surface area contributed by atoms with Gasteiger partial charge in [0, 0.05) is 29.6 Å². The van der Waals surface area contributed by atoms with E-state index in [2.05, 4.69) is 0 Å². The maximum Gasteiger partial charge on any atom is 0.325 e. The predicted octanol–water partition coefficient (Wildman–Crippen LogP) is 2.86. The monoisotopic (exact) mass is 643 g/mol. The minimum Gasteiger partial charge on any atom is -0.481 e. The van der Waals surface area contributed by atoms with Crippen molar-refractivity contribution in [1.29, 1.82) is 0 Å². The van der Waals surface area contributed by atoms with E-state index in [4.69, 9.17) is 28.8 Å². The van der Waals surface area contributed by atoms with Gasteiger partial charge in [0.15, 0.2) is 10.5 Å². The summed E-state index contributed by atoms with van der Waals surface area (Å²) in [6, 6.07) is 0. The molecule has 0 saturated carbocycles. The molecule has 0 aliphatic heterocycles. The van der Waals surface area contributed by atoms with Crippen molar-refractivity contribution >= 4 is 73.7 Å². The quantitative estimate of drug-likeness (QED) is 0.0754. The largest absolute Gasteiger partial charge is 0.481 e. The van der Waals surface area contributed by atoms with Crippen LogP contribution in [0.5, 0.6) is 0 Å². The zero-order chi connectivity index (χ0) is 31.5. The SMILES string of the molecule is CCCCCC(CC)OS(=O)(=O)C(CC(=O)O)C(=O)O.CCCCCC(CC)OS(=O)(=O)C(CC(=O)O)C(=O)O.[Na]. The molecule has 17 heteroatoms. The molecule has 0 amide bonds. The zero-order valence-corrected chi connectivity index (χ0v) is 28.1. The molecule has 0 rings (SSSR count). The molecule has 0 aliphatic rings. The van der Waals surface area contributed by atoms with E-state index < -0.39 is 79.7 Å². The molecule has 0 heterocycles. The number of hydrogen-bond donors (Lipinski definition) is 4. The smallest absolute Gasteiger partial charge is 0.325 e. The van der Waals surface area contributed by atoms with Crippen LogP contribution in [0.2, 0.25) is 0 Å². The standard InChI is InChI=1S/2C12H22O7S.Na/c2*1-3-5-6-7-9(4-2)19-20(17,18)10(12(15)16)8-11(13)14;/h2*9-10H,3-8H2,1-2H3,(H,13,14)(H,15,16);. The van der Waals surface area contributed by atoms with E-state index in [0.717, 1.165) is 38.5 Å². The van der Waals surface area contributed by atoms with Crippen LogP contribution >= 0.6 is 0 Å². The molecule has 237 valence electrons. The maximum absolute atomic E-state index is 11.8. The summed E-state index contributed by atoms with van der Waals surface area (Å²) in [6.45, 7) is 7.48. The molecule has 0 aromatic carbocycles. The number of hydrogen-bond acceptors (Lipinski definition) is 10. The minimum absolute atomic E-state index is 0. The summed E-state index contributed by atoms with van der Waals surface area (Å²) < 4.78 is 57.1. The Hall–Kier alpha value is -1.30. The first-order valence-electron chi connectivity index (χ1n) is 13.2. The Morgan fingerprint density at radius 1 is 0.585 bits per heavy atom. The molecular weight excluding hydrogens is 599 g/mol. The molecule has 0 aromatic rings. The number of carboxylic acids is 4. The van der Waals surface area contributed by atoms with Crippen LogP contribution in [0.1, 0.15) is 105 Å². The van der Waals surface area contributed by atoms with E-state index in [0.29, 0.717) is 25.7 Å². The van der Waals surface area contributed by atoms with Gasteiger partial charge in [-0.25, -0.2) is 0 Å². The molecule has 0 fully saturated rings. The Morgan fingerprint density at radius 2 is 0.878 bits per heavy atom. The third-order valence-electron chi connectivity index (χ3n) is 5.68. The zero-order valence-electron chi connectivity index (χ0n) is 24.5. The molecule has 0 aromatic heterocycles. The number of unbranched alkanes of at least 4 members (excludes halogenated alkanes) is 4. The first-order valence-corrected chi connectivity index (χ1v) is 16.2. The Balaban J connectivity index is -0.000000688. The van der Waals surface area contributed by atoms with Crippen LogP contribution in [0.25, 0.3) is 0 Å². The summed E-state index contributed by atoms with van der Waals surface area (Å²) in [6.07, 6.45) is 3.96. The van der Waals surface area contributed by atoms with E-state index >= 15 is 0 Å². The third-order valence-corrected chi connectivity index (χ3v) is 8.89. The molecule has 1 radical (unpaired) electrons. The third kappa shape index (κ3) is 20.3. The summed E-state index contributed by atoms with van der Waals surface area (Å²) in [5.74, 6) is -6.42. The van der Waals surface area contributed by atoms with Crippen molar-refractivity contribution in [2.45, 2.75) is 127 Å². The fraction of sp³-hybridized carbons (Fsp3) is 0.833. The van der Waals surface area contributed by atoms with Gasteiger partial charge in [-0.05, 0) is 25.7 Å². The minimum atomic E-state index is -4.45. The van der Waals surface area contributed by atoms with E-state index in [-0.39, 0.29) is 29.6 Å². The van der Waals surface area contributed by atoms with Gasteiger partial charge in [-0.1, -0.05) is 66.2 Å². The molecule has 4 atom stereocenters. The van der Waals surface area contributed by atoms with Crippen LogP contribution in [-0.4, -0.2) is 113 Å². The fourth-order valence-corrected chi connectivity index (χ4v) is 6.02. The van der Waals surface area contributed by atoms with Crippen molar-refractivity contribution in [3.63, 3.8) is 0 Å². The fourth-order valence-electron chi connectivity index (χ4n) is 3.34. The van der Waals surface area contributed by atoms with Gasteiger partial charge in [0.05, 0.1) is 25.0 Å². The van der Waals surface area contributed by atoms with Gasteiger partial charge in [-0.15, -0.1) is 0 Å². The van der Waals surface area contributed by atoms with Gasteiger partial charge in [0.1, 0.15) is 0 Å². The van der Waals surface area contributed by atoms with E-state index in [1.54, 1.807) is 13.8 Å². The van der Waals surface area contributed by atoms with E-state index in [1.807, 2.05) is 13.8 Å². The van der Waals surface area contributed by atoms with Crippen LogP contribution in [0.15, 0.2) is 0 Å². The van der Waals surface area contributed by atoms with Gasteiger partial charge in [0.25, 0.3) is 20.2 Å². The van der Waals surface area contributed by atoms with Crippen LogP contribution in [0.4, 0.5) is 0 Å². The molecule has 0 spiro atoms. The Bertz CT molecular complexity index is 918. The van der Waals surface area contributed by atoms with E-state index in [9.17, 15) is 36.0 Å². The normalized spacial score (nSPS) is 14.3. The van der Waals surface area contributed by atoms with Crippen LogP contribution in [0, 0.1) is 0 Å². The molecule has 0 saturated heterocycles. The van der Waals surface area contributed by atoms with Crippen LogP contribution < -0.4 is 0 Å². The first kappa shape index (κ1) is 44.1. The van der Waals surface area contributed by atoms with Crippen molar-refractivity contribution in [1.82, 2.24) is 0 Å². The van der Waals surface area contributed by atoms with E-state index in [1.165, 1.54) is 0 Å². The Kier molecular flexibility index (Phi) is 25.0. The van der Waals surface area contributed by atoms with Gasteiger partial charge in [0.2, 0.25) is 0 Å². The number of rotatable bonds is 22. The molecule has 0 bridgehead atoms. The topological polar surface area (TPSA) is 236 Å². The summed E-state index contributed by atoms with van der Waals surface area (Å²) in [5, 5.41) is 30.7. The average molecular weight is 644 g/mol. The van der Waals surface area contributed by atoms with Crippen molar-refractivity contribution in [3.05, 3.63) is 0 Å². The van der Waals surface area contributed by atoms with Crippen molar-refractivity contribution in [2.75, 3.05) is 0 Å². The van der Waals surface area contributed by atoms with Gasteiger partial charge in [-0.3, -0.25) is 27.5 Å². The van der Waals surface area contributed by atoms with Gasteiger partial charge in [-0.2, -0.15) is 16.8 Å². The summed E-state index contributed by atoms with van der Waals surface area (Å²) >= 11 is 0. The van der Waals surface area contributed by atoms with Crippen LogP contribution in [-0.2, 0) is 47.8 Å². The second-order valence-electron chi connectivity index (χ2n) is 9.08. The second kappa shape index (κ2) is 23.2. The second-order valence-corrected chi connectivity index (χ2v) is 12.6. The van der Waals surface area contributed by atoms with Crippen LogP contribution in [0.3, 0.4) is 0 Å².